The zero-order chi connectivity index (χ0) is 16.8. The predicted octanol–water partition coefficient (Wildman–Crippen LogP) is 4.34. The maximum atomic E-state index is 12.1. The summed E-state index contributed by atoms with van der Waals surface area (Å²) in [6, 6.07) is 12.8. The van der Waals surface area contributed by atoms with Crippen molar-refractivity contribution in [1.29, 1.82) is 0 Å². The highest BCUT2D eigenvalue weighted by Gasteiger charge is 2.08. The molecule has 6 heteroatoms. The van der Waals surface area contributed by atoms with Gasteiger partial charge < -0.3 is 10.6 Å². The minimum absolute atomic E-state index is 0.132. The molecule has 0 radical (unpaired) electrons. The van der Waals surface area contributed by atoms with Crippen molar-refractivity contribution >= 4 is 46.6 Å². The topological polar surface area (TPSA) is 58.2 Å². The third-order valence-corrected chi connectivity index (χ3v) is 4.49. The molecule has 0 atom stereocenters. The summed E-state index contributed by atoms with van der Waals surface area (Å²) in [7, 11) is 0. The molecule has 0 aromatic heterocycles. The van der Waals surface area contributed by atoms with Crippen LogP contribution in [-0.2, 0) is 9.59 Å². The van der Waals surface area contributed by atoms with Crippen molar-refractivity contribution < 1.29 is 9.59 Å². The number of aryl methyl sites for hydroxylation is 1. The molecule has 2 aromatic carbocycles. The van der Waals surface area contributed by atoms with Crippen molar-refractivity contribution in [3.8, 4) is 0 Å². The minimum Gasteiger partial charge on any atom is -0.325 e. The van der Waals surface area contributed by atoms with E-state index >= 15 is 0 Å². The third-order valence-electron chi connectivity index (χ3n) is 3.01. The lowest BCUT2D eigenvalue weighted by atomic mass is 10.2. The van der Waals surface area contributed by atoms with E-state index in [1.807, 2.05) is 37.3 Å². The molecular formula is C17H17ClN2O2S. The van der Waals surface area contributed by atoms with Gasteiger partial charge in [0, 0.05) is 22.5 Å². The zero-order valence-corrected chi connectivity index (χ0v) is 14.4. The summed E-state index contributed by atoms with van der Waals surface area (Å²) >= 11 is 7.41. The maximum Gasteiger partial charge on any atom is 0.234 e. The fraction of sp³-hybridized carbons (Fsp3) is 0.176. The average Bonchev–Trinajstić information content (AvgIpc) is 2.49. The zero-order valence-electron chi connectivity index (χ0n) is 12.9. The molecule has 0 aliphatic heterocycles. The van der Waals surface area contributed by atoms with E-state index in [0.717, 1.165) is 10.5 Å². The van der Waals surface area contributed by atoms with Crippen molar-refractivity contribution in [2.75, 3.05) is 16.4 Å². The maximum absolute atomic E-state index is 12.1. The molecule has 2 N–H and O–H groups in total. The number of amides is 2. The Morgan fingerprint density at radius 1 is 1.13 bits per heavy atom. The van der Waals surface area contributed by atoms with Gasteiger partial charge in [0.1, 0.15) is 0 Å². The van der Waals surface area contributed by atoms with Gasteiger partial charge in [0.25, 0.3) is 0 Å². The first-order valence-corrected chi connectivity index (χ1v) is 8.37. The lowest BCUT2D eigenvalue weighted by Crippen LogP contribution is -2.14. The summed E-state index contributed by atoms with van der Waals surface area (Å²) in [5, 5.41) is 6.18. The molecule has 120 valence electrons. The number of carbonyl (C=O) groups is 2. The van der Waals surface area contributed by atoms with E-state index < -0.39 is 0 Å². The molecule has 0 fully saturated rings. The number of carbonyl (C=O) groups excluding carboxylic acids is 2. The largest absolute Gasteiger partial charge is 0.325 e. The van der Waals surface area contributed by atoms with Crippen molar-refractivity contribution in [2.45, 2.75) is 18.7 Å². The molecule has 0 heterocycles. The quantitative estimate of drug-likeness (QED) is 0.790. The molecule has 0 spiro atoms. The Morgan fingerprint density at radius 3 is 2.57 bits per heavy atom. The SMILES string of the molecule is CC(=O)Nc1ccccc1SCC(=O)Nc1ccc(C)c(Cl)c1. The number of nitrogens with one attached hydrogen (secondary N) is 2. The van der Waals surface area contributed by atoms with Gasteiger partial charge in [0.15, 0.2) is 0 Å². The van der Waals surface area contributed by atoms with Gasteiger partial charge in [-0.1, -0.05) is 29.8 Å². The Morgan fingerprint density at radius 2 is 1.87 bits per heavy atom. The van der Waals surface area contributed by atoms with E-state index in [1.165, 1.54) is 18.7 Å². The second-order valence-corrected chi connectivity index (χ2v) is 6.40. The number of thioether (sulfide) groups is 1. The number of para-hydroxylation sites is 1. The lowest BCUT2D eigenvalue weighted by molar-refractivity contribution is -0.114. The molecule has 0 saturated heterocycles. The van der Waals surface area contributed by atoms with Crippen LogP contribution in [0, 0.1) is 6.92 Å². The summed E-state index contributed by atoms with van der Waals surface area (Å²) in [6.07, 6.45) is 0. The summed E-state index contributed by atoms with van der Waals surface area (Å²) in [5.74, 6) is -0.0356. The summed E-state index contributed by atoms with van der Waals surface area (Å²) in [6.45, 7) is 3.36. The highest BCUT2D eigenvalue weighted by molar-refractivity contribution is 8.00. The van der Waals surface area contributed by atoms with Crippen LogP contribution in [0.25, 0.3) is 0 Å². The number of hydrogen-bond donors (Lipinski definition) is 2. The minimum atomic E-state index is -0.142. The van der Waals surface area contributed by atoms with Crippen molar-refractivity contribution in [1.82, 2.24) is 0 Å². The van der Waals surface area contributed by atoms with Gasteiger partial charge in [0.05, 0.1) is 11.4 Å². The molecule has 0 bridgehead atoms. The Hall–Kier alpha value is -1.98. The van der Waals surface area contributed by atoms with Crippen molar-refractivity contribution in [3.05, 3.63) is 53.1 Å². The first-order valence-electron chi connectivity index (χ1n) is 7.01. The van der Waals surface area contributed by atoms with E-state index in [-0.39, 0.29) is 17.6 Å². The number of benzene rings is 2. The molecule has 23 heavy (non-hydrogen) atoms. The van der Waals surface area contributed by atoms with Crippen LogP contribution in [0.1, 0.15) is 12.5 Å². The van der Waals surface area contributed by atoms with Crippen molar-refractivity contribution in [3.63, 3.8) is 0 Å². The number of anilines is 2. The molecular weight excluding hydrogens is 332 g/mol. The fourth-order valence-corrected chi connectivity index (χ4v) is 2.89. The second-order valence-electron chi connectivity index (χ2n) is 4.98. The fourth-order valence-electron chi connectivity index (χ4n) is 1.90. The van der Waals surface area contributed by atoms with Crippen LogP contribution in [0.5, 0.6) is 0 Å². The number of hydrogen-bond acceptors (Lipinski definition) is 3. The molecule has 2 amide bonds. The van der Waals surface area contributed by atoms with E-state index in [0.29, 0.717) is 16.4 Å². The van der Waals surface area contributed by atoms with Crippen LogP contribution in [0.15, 0.2) is 47.4 Å². The average molecular weight is 349 g/mol. The smallest absolute Gasteiger partial charge is 0.234 e. The van der Waals surface area contributed by atoms with Crippen LogP contribution in [-0.4, -0.2) is 17.6 Å². The summed E-state index contributed by atoms with van der Waals surface area (Å²) in [4.78, 5) is 24.1. The normalized spacial score (nSPS) is 10.2. The van der Waals surface area contributed by atoms with E-state index in [1.54, 1.807) is 12.1 Å². The monoisotopic (exact) mass is 348 g/mol. The predicted molar refractivity (Wildman–Crippen MR) is 96.3 cm³/mol. The molecule has 4 nitrogen and oxygen atoms in total. The lowest BCUT2D eigenvalue weighted by Gasteiger charge is -2.10. The Bertz CT molecular complexity index is 734. The Balaban J connectivity index is 1.96. The Kier molecular flexibility index (Phi) is 6.07. The summed E-state index contributed by atoms with van der Waals surface area (Å²) in [5.41, 5.74) is 2.33. The van der Waals surface area contributed by atoms with Gasteiger partial charge in [-0.05, 0) is 36.8 Å². The van der Waals surface area contributed by atoms with Gasteiger partial charge in [0.2, 0.25) is 11.8 Å². The standard InChI is InChI=1S/C17H17ClN2O2S/c1-11-7-8-13(9-14(11)18)20-17(22)10-23-16-6-4-3-5-15(16)19-12(2)21/h3-9H,10H2,1-2H3,(H,19,21)(H,20,22). The van der Waals surface area contributed by atoms with Crippen LogP contribution >= 0.6 is 23.4 Å². The first-order chi connectivity index (χ1) is 11.0. The van der Waals surface area contributed by atoms with Crippen LogP contribution in [0.3, 0.4) is 0 Å². The van der Waals surface area contributed by atoms with Crippen molar-refractivity contribution in [2.24, 2.45) is 0 Å². The number of rotatable bonds is 5. The molecule has 0 aliphatic carbocycles. The van der Waals surface area contributed by atoms with Gasteiger partial charge in [-0.2, -0.15) is 0 Å². The first kappa shape index (κ1) is 17.4. The molecule has 2 aromatic rings. The van der Waals surface area contributed by atoms with E-state index in [9.17, 15) is 9.59 Å². The van der Waals surface area contributed by atoms with Gasteiger partial charge in [-0.15, -0.1) is 11.8 Å². The van der Waals surface area contributed by atoms with Crippen LogP contribution in [0.4, 0.5) is 11.4 Å². The Labute approximate surface area is 144 Å². The molecule has 0 aliphatic rings. The second kappa shape index (κ2) is 8.04. The van der Waals surface area contributed by atoms with Crippen LogP contribution < -0.4 is 10.6 Å². The van der Waals surface area contributed by atoms with E-state index in [2.05, 4.69) is 10.6 Å². The molecule has 0 saturated carbocycles. The summed E-state index contributed by atoms with van der Waals surface area (Å²) < 4.78 is 0. The highest BCUT2D eigenvalue weighted by Crippen LogP contribution is 2.27. The molecule has 2 rings (SSSR count). The van der Waals surface area contributed by atoms with Gasteiger partial charge in [-0.3, -0.25) is 9.59 Å². The van der Waals surface area contributed by atoms with E-state index in [4.69, 9.17) is 11.6 Å². The van der Waals surface area contributed by atoms with Gasteiger partial charge >= 0.3 is 0 Å². The van der Waals surface area contributed by atoms with Gasteiger partial charge in [-0.25, -0.2) is 0 Å². The molecule has 0 unspecified atom stereocenters. The third kappa shape index (κ3) is 5.30. The van der Waals surface area contributed by atoms with Crippen LogP contribution in [0.2, 0.25) is 5.02 Å². The highest BCUT2D eigenvalue weighted by atomic mass is 35.5. The number of halogens is 1.